The summed E-state index contributed by atoms with van der Waals surface area (Å²) >= 11 is 0. The number of hydrogen-bond acceptors (Lipinski definition) is 2. The Morgan fingerprint density at radius 3 is 2.70 bits per heavy atom. The van der Waals surface area contributed by atoms with E-state index in [9.17, 15) is 0 Å². The molecule has 0 bridgehead atoms. The van der Waals surface area contributed by atoms with Gasteiger partial charge in [-0.05, 0) is 37.0 Å². The van der Waals surface area contributed by atoms with Gasteiger partial charge in [0.05, 0.1) is 6.20 Å². The molecule has 2 aromatic rings. The third-order valence-electron chi connectivity index (χ3n) is 3.18. The molecule has 0 amide bonds. The van der Waals surface area contributed by atoms with Crippen molar-refractivity contribution in [1.82, 2.24) is 15.4 Å². The Kier molecular flexibility index (Phi) is 4.95. The molecule has 0 spiro atoms. The van der Waals surface area contributed by atoms with Crippen LogP contribution < -0.4 is 0 Å². The minimum absolute atomic E-state index is 0.644. The quantitative estimate of drug-likeness (QED) is 0.840. The van der Waals surface area contributed by atoms with Crippen LogP contribution in [-0.2, 0) is 6.42 Å². The van der Waals surface area contributed by atoms with Crippen molar-refractivity contribution in [3.8, 4) is 23.1 Å². The number of nitrogens with one attached hydrogen (secondary N) is 1. The van der Waals surface area contributed by atoms with Gasteiger partial charge in [-0.25, -0.2) is 0 Å². The van der Waals surface area contributed by atoms with E-state index in [0.717, 1.165) is 23.2 Å². The fourth-order valence-corrected chi connectivity index (χ4v) is 1.96. The standard InChI is InChI=1S/C15H15N3.C2H6/c1-2-13-9-12(6-5-11-3-4-11)7-8-14(13)15-10-16-18-17-15;1-2/h7-11H,2-4H2,1H3,(H,16,17,18);1-2H3. The lowest BCUT2D eigenvalue weighted by Crippen LogP contribution is -1.90. The van der Waals surface area contributed by atoms with Crippen LogP contribution in [0.25, 0.3) is 11.3 Å². The zero-order valence-corrected chi connectivity index (χ0v) is 12.4. The smallest absolute Gasteiger partial charge is 0.113 e. The van der Waals surface area contributed by atoms with E-state index >= 15 is 0 Å². The third-order valence-corrected chi connectivity index (χ3v) is 3.18. The van der Waals surface area contributed by atoms with Gasteiger partial charge < -0.3 is 0 Å². The number of aryl methyl sites for hydroxylation is 1. The number of aromatic amines is 1. The molecule has 20 heavy (non-hydrogen) atoms. The molecule has 1 N–H and O–H groups in total. The Hall–Kier alpha value is -2.08. The largest absolute Gasteiger partial charge is 0.197 e. The summed E-state index contributed by atoms with van der Waals surface area (Å²) in [5.74, 6) is 7.20. The Morgan fingerprint density at radius 2 is 2.10 bits per heavy atom. The highest BCUT2D eigenvalue weighted by Gasteiger charge is 2.17. The van der Waals surface area contributed by atoms with Crippen LogP contribution in [0.5, 0.6) is 0 Å². The van der Waals surface area contributed by atoms with Gasteiger partial charge in [0.2, 0.25) is 0 Å². The van der Waals surface area contributed by atoms with Crippen LogP contribution >= 0.6 is 0 Å². The summed E-state index contributed by atoms with van der Waals surface area (Å²) in [4.78, 5) is 0. The van der Waals surface area contributed by atoms with Crippen molar-refractivity contribution in [3.63, 3.8) is 0 Å². The zero-order chi connectivity index (χ0) is 14.4. The maximum Gasteiger partial charge on any atom is 0.113 e. The topological polar surface area (TPSA) is 41.6 Å². The molecule has 1 aliphatic rings. The number of H-pyrrole nitrogens is 1. The molecule has 3 heteroatoms. The molecule has 3 rings (SSSR count). The van der Waals surface area contributed by atoms with Gasteiger partial charge in [0.15, 0.2) is 0 Å². The first-order valence-electron chi connectivity index (χ1n) is 7.37. The lowest BCUT2D eigenvalue weighted by molar-refractivity contribution is 0.941. The van der Waals surface area contributed by atoms with Gasteiger partial charge in [0.1, 0.15) is 5.69 Å². The second-order valence-corrected chi connectivity index (χ2v) is 4.62. The van der Waals surface area contributed by atoms with Gasteiger partial charge in [-0.15, -0.1) is 0 Å². The second kappa shape index (κ2) is 6.91. The molecule has 0 unspecified atom stereocenters. The summed E-state index contributed by atoms with van der Waals surface area (Å²) in [6, 6.07) is 6.32. The molecule has 1 aromatic heterocycles. The predicted molar refractivity (Wildman–Crippen MR) is 82.1 cm³/mol. The van der Waals surface area contributed by atoms with E-state index in [2.05, 4.69) is 52.4 Å². The normalized spacial score (nSPS) is 12.9. The van der Waals surface area contributed by atoms with E-state index in [-0.39, 0.29) is 0 Å². The van der Waals surface area contributed by atoms with Crippen molar-refractivity contribution in [2.45, 2.75) is 40.0 Å². The Labute approximate surface area is 120 Å². The summed E-state index contributed by atoms with van der Waals surface area (Å²) in [6.07, 6.45) is 5.26. The second-order valence-electron chi connectivity index (χ2n) is 4.62. The number of benzene rings is 1. The van der Waals surface area contributed by atoms with Crippen molar-refractivity contribution in [1.29, 1.82) is 0 Å². The van der Waals surface area contributed by atoms with Gasteiger partial charge in [-0.2, -0.15) is 15.4 Å². The molecule has 0 saturated heterocycles. The summed E-state index contributed by atoms with van der Waals surface area (Å²) in [6.45, 7) is 6.15. The van der Waals surface area contributed by atoms with Crippen LogP contribution in [-0.4, -0.2) is 15.4 Å². The first-order valence-corrected chi connectivity index (χ1v) is 7.37. The highest BCUT2D eigenvalue weighted by atomic mass is 15.3. The molecule has 1 heterocycles. The molecule has 104 valence electrons. The summed E-state index contributed by atoms with van der Waals surface area (Å²) in [5.41, 5.74) is 4.41. The predicted octanol–water partition coefficient (Wildman–Crippen LogP) is 3.82. The average Bonchev–Trinajstić information content (AvgIpc) is 3.19. The molecule has 0 atom stereocenters. The SMILES string of the molecule is CC.CCc1cc(C#CC2CC2)ccc1-c1cn[nH]n1. The van der Waals surface area contributed by atoms with Crippen LogP contribution in [0.15, 0.2) is 24.4 Å². The van der Waals surface area contributed by atoms with E-state index in [0.29, 0.717) is 5.92 Å². The Morgan fingerprint density at radius 1 is 1.30 bits per heavy atom. The number of aromatic nitrogens is 3. The third kappa shape index (κ3) is 3.48. The van der Waals surface area contributed by atoms with Crippen LogP contribution in [0, 0.1) is 17.8 Å². The molecule has 1 saturated carbocycles. The molecule has 3 nitrogen and oxygen atoms in total. The van der Waals surface area contributed by atoms with E-state index in [1.54, 1.807) is 6.20 Å². The van der Waals surface area contributed by atoms with Gasteiger partial charge in [0, 0.05) is 17.0 Å². The van der Waals surface area contributed by atoms with Gasteiger partial charge in [-0.3, -0.25) is 0 Å². The van der Waals surface area contributed by atoms with Crippen LogP contribution in [0.4, 0.5) is 0 Å². The zero-order valence-electron chi connectivity index (χ0n) is 12.4. The Balaban J connectivity index is 0.000000704. The maximum absolute atomic E-state index is 4.14. The van der Waals surface area contributed by atoms with E-state index in [1.807, 2.05) is 13.8 Å². The summed E-state index contributed by atoms with van der Waals surface area (Å²) in [7, 11) is 0. The van der Waals surface area contributed by atoms with Crippen LogP contribution in [0.1, 0.15) is 44.7 Å². The molecule has 1 aliphatic carbocycles. The lowest BCUT2D eigenvalue weighted by Gasteiger charge is -2.05. The number of hydrogen-bond donors (Lipinski definition) is 1. The molecular formula is C17H21N3. The van der Waals surface area contributed by atoms with Crippen molar-refractivity contribution in [2.24, 2.45) is 5.92 Å². The minimum atomic E-state index is 0.644. The van der Waals surface area contributed by atoms with Crippen LogP contribution in [0.2, 0.25) is 0 Å². The number of rotatable bonds is 2. The monoisotopic (exact) mass is 267 g/mol. The summed E-state index contributed by atoms with van der Waals surface area (Å²) in [5, 5.41) is 10.7. The van der Waals surface area contributed by atoms with E-state index in [1.165, 1.54) is 18.4 Å². The molecular weight excluding hydrogens is 246 g/mol. The van der Waals surface area contributed by atoms with Crippen LogP contribution in [0.3, 0.4) is 0 Å². The van der Waals surface area contributed by atoms with Crippen molar-refractivity contribution in [3.05, 3.63) is 35.5 Å². The first kappa shape index (κ1) is 14.3. The molecule has 0 aliphatic heterocycles. The van der Waals surface area contributed by atoms with Crippen molar-refractivity contribution < 1.29 is 0 Å². The highest BCUT2D eigenvalue weighted by molar-refractivity contribution is 5.64. The lowest BCUT2D eigenvalue weighted by atomic mass is 10.00. The number of nitrogens with zero attached hydrogens (tertiary/aromatic N) is 2. The minimum Gasteiger partial charge on any atom is -0.197 e. The Bertz CT molecular complexity index is 599. The molecule has 1 fully saturated rings. The van der Waals surface area contributed by atoms with Gasteiger partial charge >= 0.3 is 0 Å². The van der Waals surface area contributed by atoms with Crippen molar-refractivity contribution >= 4 is 0 Å². The van der Waals surface area contributed by atoms with Gasteiger partial charge in [0.25, 0.3) is 0 Å². The van der Waals surface area contributed by atoms with E-state index in [4.69, 9.17) is 0 Å². The fraction of sp³-hybridized carbons (Fsp3) is 0.412. The maximum atomic E-state index is 4.14. The molecule has 0 radical (unpaired) electrons. The van der Waals surface area contributed by atoms with E-state index < -0.39 is 0 Å². The summed E-state index contributed by atoms with van der Waals surface area (Å²) < 4.78 is 0. The first-order chi connectivity index (χ1) is 9.86. The van der Waals surface area contributed by atoms with Crippen molar-refractivity contribution in [2.75, 3.05) is 0 Å². The fourth-order valence-electron chi connectivity index (χ4n) is 1.96. The average molecular weight is 267 g/mol. The molecule has 1 aromatic carbocycles. The van der Waals surface area contributed by atoms with Gasteiger partial charge in [-0.1, -0.05) is 38.7 Å². The highest BCUT2D eigenvalue weighted by Crippen LogP contribution is 2.28.